The van der Waals surface area contributed by atoms with Crippen molar-refractivity contribution < 1.29 is 9.90 Å². The molecule has 1 aromatic carbocycles. The molecule has 3 nitrogen and oxygen atoms in total. The fourth-order valence-electron chi connectivity index (χ4n) is 2.06. The molecule has 0 heterocycles. The molecule has 0 saturated heterocycles. The third-order valence-electron chi connectivity index (χ3n) is 3.01. The molecule has 1 N–H and O–H groups in total. The second kappa shape index (κ2) is 7.88. The number of nitrogens with zero attached hydrogens (tertiary/aromatic N) is 1. The van der Waals surface area contributed by atoms with Gasteiger partial charge in [0.1, 0.15) is 0 Å². The predicted octanol–water partition coefficient (Wildman–Crippen LogP) is 2.48. The second-order valence-electron chi connectivity index (χ2n) is 4.37. The van der Waals surface area contributed by atoms with Crippen LogP contribution in [0.15, 0.2) is 24.3 Å². The van der Waals surface area contributed by atoms with Crippen LogP contribution < -0.4 is 0 Å². The summed E-state index contributed by atoms with van der Waals surface area (Å²) in [5.74, 6) is 0.105. The molecular formula is C15H23NO2. The van der Waals surface area contributed by atoms with Gasteiger partial charge in [0, 0.05) is 25.3 Å². The molecule has 1 amide bonds. The van der Waals surface area contributed by atoms with E-state index in [1.165, 1.54) is 0 Å². The average Bonchev–Trinajstić information content (AvgIpc) is 2.42. The van der Waals surface area contributed by atoms with Crippen molar-refractivity contribution in [2.45, 2.75) is 33.1 Å². The van der Waals surface area contributed by atoms with Crippen LogP contribution in [0.2, 0.25) is 0 Å². The van der Waals surface area contributed by atoms with Gasteiger partial charge in [-0.05, 0) is 37.8 Å². The molecule has 3 heteroatoms. The van der Waals surface area contributed by atoms with Crippen LogP contribution in [0.25, 0.3) is 0 Å². The molecule has 0 saturated carbocycles. The van der Waals surface area contributed by atoms with E-state index in [2.05, 4.69) is 6.92 Å². The number of aryl methyl sites for hydroxylation is 1. The summed E-state index contributed by atoms with van der Waals surface area (Å²) in [6.07, 6.45) is 2.42. The lowest BCUT2D eigenvalue weighted by Gasteiger charge is -2.21. The SMILES string of the molecule is CCCN(CC)C(=O)c1ccccc1CCCO. The van der Waals surface area contributed by atoms with Crippen LogP contribution in [0, 0.1) is 0 Å². The summed E-state index contributed by atoms with van der Waals surface area (Å²) in [7, 11) is 0. The van der Waals surface area contributed by atoms with Crippen molar-refractivity contribution in [2.24, 2.45) is 0 Å². The fourth-order valence-corrected chi connectivity index (χ4v) is 2.06. The van der Waals surface area contributed by atoms with Crippen LogP contribution in [-0.2, 0) is 6.42 Å². The van der Waals surface area contributed by atoms with Gasteiger partial charge < -0.3 is 10.0 Å². The van der Waals surface area contributed by atoms with Crippen molar-refractivity contribution in [1.29, 1.82) is 0 Å². The highest BCUT2D eigenvalue weighted by atomic mass is 16.2. The molecule has 0 aromatic heterocycles. The Morgan fingerprint density at radius 1 is 1.28 bits per heavy atom. The summed E-state index contributed by atoms with van der Waals surface area (Å²) in [5.41, 5.74) is 1.81. The number of carbonyl (C=O) groups excluding carboxylic acids is 1. The highest BCUT2D eigenvalue weighted by Crippen LogP contribution is 2.14. The topological polar surface area (TPSA) is 40.5 Å². The van der Waals surface area contributed by atoms with Crippen molar-refractivity contribution in [2.75, 3.05) is 19.7 Å². The Morgan fingerprint density at radius 2 is 2.00 bits per heavy atom. The third-order valence-corrected chi connectivity index (χ3v) is 3.01. The molecule has 1 aromatic rings. The van der Waals surface area contributed by atoms with Crippen LogP contribution in [0.1, 0.15) is 42.6 Å². The largest absolute Gasteiger partial charge is 0.396 e. The lowest BCUT2D eigenvalue weighted by molar-refractivity contribution is 0.0763. The number of aliphatic hydroxyl groups is 1. The van der Waals surface area contributed by atoms with Gasteiger partial charge in [0.25, 0.3) is 5.91 Å². The van der Waals surface area contributed by atoms with Gasteiger partial charge in [-0.3, -0.25) is 4.79 Å². The number of carbonyl (C=O) groups is 1. The molecule has 0 bridgehead atoms. The lowest BCUT2D eigenvalue weighted by Crippen LogP contribution is -2.32. The first-order chi connectivity index (χ1) is 8.74. The van der Waals surface area contributed by atoms with Crippen LogP contribution in [0.3, 0.4) is 0 Å². The Labute approximate surface area is 109 Å². The summed E-state index contributed by atoms with van der Waals surface area (Å²) in [6, 6.07) is 7.70. The van der Waals surface area contributed by atoms with Gasteiger partial charge in [-0.25, -0.2) is 0 Å². The van der Waals surface area contributed by atoms with Gasteiger partial charge in [0.15, 0.2) is 0 Å². The molecule has 100 valence electrons. The molecule has 0 atom stereocenters. The zero-order valence-electron chi connectivity index (χ0n) is 11.4. The molecule has 1 rings (SSSR count). The fraction of sp³-hybridized carbons (Fsp3) is 0.533. The molecule has 0 aliphatic rings. The number of hydrogen-bond donors (Lipinski definition) is 1. The van der Waals surface area contributed by atoms with Crippen molar-refractivity contribution in [3.05, 3.63) is 35.4 Å². The summed E-state index contributed by atoms with van der Waals surface area (Å²) >= 11 is 0. The van der Waals surface area contributed by atoms with E-state index in [0.717, 1.165) is 37.1 Å². The van der Waals surface area contributed by atoms with Crippen LogP contribution in [-0.4, -0.2) is 35.6 Å². The zero-order chi connectivity index (χ0) is 13.4. The third kappa shape index (κ3) is 3.84. The Hall–Kier alpha value is -1.35. The minimum Gasteiger partial charge on any atom is -0.396 e. The molecule has 0 aliphatic carbocycles. The highest BCUT2D eigenvalue weighted by molar-refractivity contribution is 5.95. The molecular weight excluding hydrogens is 226 g/mol. The van der Waals surface area contributed by atoms with E-state index in [9.17, 15) is 4.79 Å². The van der Waals surface area contributed by atoms with Crippen molar-refractivity contribution in [3.63, 3.8) is 0 Å². The maximum atomic E-state index is 12.4. The summed E-state index contributed by atoms with van der Waals surface area (Å²) < 4.78 is 0. The normalized spacial score (nSPS) is 10.4. The van der Waals surface area contributed by atoms with Crippen molar-refractivity contribution in [1.82, 2.24) is 4.90 Å². The van der Waals surface area contributed by atoms with Crippen LogP contribution >= 0.6 is 0 Å². The first-order valence-corrected chi connectivity index (χ1v) is 6.72. The van der Waals surface area contributed by atoms with E-state index in [4.69, 9.17) is 5.11 Å². The summed E-state index contributed by atoms with van der Waals surface area (Å²) in [6.45, 7) is 5.77. The molecule has 0 fully saturated rings. The zero-order valence-corrected chi connectivity index (χ0v) is 11.4. The van der Waals surface area contributed by atoms with Crippen LogP contribution in [0.5, 0.6) is 0 Å². The smallest absolute Gasteiger partial charge is 0.254 e. The minimum absolute atomic E-state index is 0.105. The van der Waals surface area contributed by atoms with Gasteiger partial charge in [-0.2, -0.15) is 0 Å². The van der Waals surface area contributed by atoms with E-state index in [0.29, 0.717) is 6.42 Å². The molecule has 0 aliphatic heterocycles. The van der Waals surface area contributed by atoms with Gasteiger partial charge in [0.2, 0.25) is 0 Å². The molecule has 0 spiro atoms. The number of rotatable bonds is 7. The van der Waals surface area contributed by atoms with E-state index in [1.54, 1.807) is 0 Å². The number of aliphatic hydroxyl groups excluding tert-OH is 1. The second-order valence-corrected chi connectivity index (χ2v) is 4.37. The first kappa shape index (κ1) is 14.7. The maximum Gasteiger partial charge on any atom is 0.254 e. The van der Waals surface area contributed by atoms with Crippen LogP contribution in [0.4, 0.5) is 0 Å². The van der Waals surface area contributed by atoms with E-state index >= 15 is 0 Å². The molecule has 0 radical (unpaired) electrons. The summed E-state index contributed by atoms with van der Waals surface area (Å²) in [4.78, 5) is 14.3. The molecule has 0 unspecified atom stereocenters. The first-order valence-electron chi connectivity index (χ1n) is 6.72. The van der Waals surface area contributed by atoms with Gasteiger partial charge in [-0.15, -0.1) is 0 Å². The van der Waals surface area contributed by atoms with Crippen molar-refractivity contribution in [3.8, 4) is 0 Å². The Morgan fingerprint density at radius 3 is 2.61 bits per heavy atom. The van der Waals surface area contributed by atoms with E-state index < -0.39 is 0 Å². The number of benzene rings is 1. The van der Waals surface area contributed by atoms with E-state index in [-0.39, 0.29) is 12.5 Å². The Kier molecular flexibility index (Phi) is 6.44. The monoisotopic (exact) mass is 249 g/mol. The Balaban J connectivity index is 2.89. The van der Waals surface area contributed by atoms with Gasteiger partial charge in [-0.1, -0.05) is 25.1 Å². The predicted molar refractivity (Wildman–Crippen MR) is 73.7 cm³/mol. The van der Waals surface area contributed by atoms with Gasteiger partial charge >= 0.3 is 0 Å². The lowest BCUT2D eigenvalue weighted by atomic mass is 10.0. The maximum absolute atomic E-state index is 12.4. The standard InChI is InChI=1S/C15H23NO2/c1-3-11-16(4-2)15(18)14-10-6-5-8-13(14)9-7-12-17/h5-6,8,10,17H,3-4,7,9,11-12H2,1-2H3. The van der Waals surface area contributed by atoms with Gasteiger partial charge in [0.05, 0.1) is 0 Å². The van der Waals surface area contributed by atoms with E-state index in [1.807, 2.05) is 36.1 Å². The number of hydrogen-bond acceptors (Lipinski definition) is 2. The Bertz CT molecular complexity index is 377. The summed E-state index contributed by atoms with van der Waals surface area (Å²) in [5, 5.41) is 8.90. The highest BCUT2D eigenvalue weighted by Gasteiger charge is 2.16. The van der Waals surface area contributed by atoms with Crippen molar-refractivity contribution >= 4 is 5.91 Å². The number of amides is 1. The average molecular weight is 249 g/mol. The quantitative estimate of drug-likeness (QED) is 0.806. The molecule has 18 heavy (non-hydrogen) atoms. The minimum atomic E-state index is 0.105.